The predicted octanol–water partition coefficient (Wildman–Crippen LogP) is 1.07. The maximum atomic E-state index is 5.67. The van der Waals surface area contributed by atoms with Crippen LogP contribution in [0.1, 0.15) is 37.9 Å². The Morgan fingerprint density at radius 3 is 3.06 bits per heavy atom. The van der Waals surface area contributed by atoms with Crippen LogP contribution in [0.15, 0.2) is 4.52 Å². The second kappa shape index (κ2) is 5.41. The fraction of sp³-hybridized carbons (Fsp3) is 0.818. The first-order chi connectivity index (χ1) is 7.74. The summed E-state index contributed by atoms with van der Waals surface area (Å²) in [7, 11) is 0. The predicted molar refractivity (Wildman–Crippen MR) is 58.9 cm³/mol. The van der Waals surface area contributed by atoms with Crippen LogP contribution in [0.25, 0.3) is 0 Å². The molecule has 1 aliphatic rings. The van der Waals surface area contributed by atoms with Crippen LogP contribution in [-0.2, 0) is 17.6 Å². The molecule has 2 rings (SSSR count). The molecule has 1 aromatic rings. The SMILES string of the molecule is CC(N)Cc1noc(CC2CCCCO2)n1. The summed E-state index contributed by atoms with van der Waals surface area (Å²) in [5.41, 5.74) is 5.67. The van der Waals surface area contributed by atoms with Gasteiger partial charge in [-0.3, -0.25) is 0 Å². The fourth-order valence-electron chi connectivity index (χ4n) is 1.91. The standard InChI is InChI=1S/C11H19N3O2/c1-8(12)6-10-13-11(16-14-10)7-9-4-2-3-5-15-9/h8-9H,2-7,12H2,1H3. The van der Waals surface area contributed by atoms with Crippen molar-refractivity contribution in [3.05, 3.63) is 11.7 Å². The lowest BCUT2D eigenvalue weighted by Crippen LogP contribution is -2.21. The van der Waals surface area contributed by atoms with E-state index in [1.54, 1.807) is 0 Å². The van der Waals surface area contributed by atoms with Crippen molar-refractivity contribution in [1.82, 2.24) is 10.1 Å². The molecule has 16 heavy (non-hydrogen) atoms. The molecular weight excluding hydrogens is 206 g/mol. The van der Waals surface area contributed by atoms with E-state index < -0.39 is 0 Å². The van der Waals surface area contributed by atoms with Crippen molar-refractivity contribution in [3.63, 3.8) is 0 Å². The van der Waals surface area contributed by atoms with Crippen LogP contribution >= 0.6 is 0 Å². The minimum atomic E-state index is 0.0661. The topological polar surface area (TPSA) is 74.2 Å². The Balaban J connectivity index is 1.86. The average molecular weight is 225 g/mol. The number of rotatable bonds is 4. The second-order valence-corrected chi connectivity index (χ2v) is 4.48. The highest BCUT2D eigenvalue weighted by Crippen LogP contribution is 2.16. The molecule has 5 heteroatoms. The van der Waals surface area contributed by atoms with Gasteiger partial charge in [-0.25, -0.2) is 0 Å². The van der Waals surface area contributed by atoms with Gasteiger partial charge in [0, 0.05) is 19.1 Å². The Labute approximate surface area is 95.3 Å². The largest absolute Gasteiger partial charge is 0.378 e. The van der Waals surface area contributed by atoms with E-state index >= 15 is 0 Å². The third-order valence-electron chi connectivity index (χ3n) is 2.69. The van der Waals surface area contributed by atoms with E-state index in [1.165, 1.54) is 6.42 Å². The van der Waals surface area contributed by atoms with Gasteiger partial charge in [0.25, 0.3) is 0 Å². The summed E-state index contributed by atoms with van der Waals surface area (Å²) in [6.45, 7) is 2.78. The minimum absolute atomic E-state index is 0.0661. The third kappa shape index (κ3) is 3.28. The molecule has 1 aromatic heterocycles. The van der Waals surface area contributed by atoms with E-state index in [9.17, 15) is 0 Å². The van der Waals surface area contributed by atoms with Gasteiger partial charge >= 0.3 is 0 Å². The summed E-state index contributed by atoms with van der Waals surface area (Å²) >= 11 is 0. The number of ether oxygens (including phenoxy) is 1. The Morgan fingerprint density at radius 2 is 2.38 bits per heavy atom. The molecule has 2 heterocycles. The zero-order chi connectivity index (χ0) is 11.4. The summed E-state index contributed by atoms with van der Waals surface area (Å²) < 4.78 is 10.8. The Kier molecular flexibility index (Phi) is 3.90. The van der Waals surface area contributed by atoms with E-state index in [0.29, 0.717) is 18.1 Å². The van der Waals surface area contributed by atoms with Gasteiger partial charge < -0.3 is 15.0 Å². The number of aromatic nitrogens is 2. The van der Waals surface area contributed by atoms with Crippen LogP contribution in [0.4, 0.5) is 0 Å². The monoisotopic (exact) mass is 225 g/mol. The molecular formula is C11H19N3O2. The van der Waals surface area contributed by atoms with Crippen LogP contribution in [0.5, 0.6) is 0 Å². The van der Waals surface area contributed by atoms with E-state index in [2.05, 4.69) is 10.1 Å². The maximum absolute atomic E-state index is 5.67. The van der Waals surface area contributed by atoms with Crippen molar-refractivity contribution < 1.29 is 9.26 Å². The van der Waals surface area contributed by atoms with Gasteiger partial charge in [-0.15, -0.1) is 0 Å². The molecule has 0 aromatic carbocycles. The minimum Gasteiger partial charge on any atom is -0.378 e. The van der Waals surface area contributed by atoms with Crippen LogP contribution in [0, 0.1) is 0 Å². The molecule has 2 N–H and O–H groups in total. The highest BCUT2D eigenvalue weighted by Gasteiger charge is 2.18. The van der Waals surface area contributed by atoms with E-state index in [4.69, 9.17) is 15.0 Å². The molecule has 0 saturated carbocycles. The smallest absolute Gasteiger partial charge is 0.229 e. The summed E-state index contributed by atoms with van der Waals surface area (Å²) in [5.74, 6) is 1.36. The summed E-state index contributed by atoms with van der Waals surface area (Å²) in [4.78, 5) is 4.31. The van der Waals surface area contributed by atoms with Gasteiger partial charge in [0.2, 0.25) is 5.89 Å². The van der Waals surface area contributed by atoms with E-state index in [-0.39, 0.29) is 12.1 Å². The molecule has 0 bridgehead atoms. The Bertz CT molecular complexity index is 319. The van der Waals surface area contributed by atoms with E-state index in [0.717, 1.165) is 25.9 Å². The fourth-order valence-corrected chi connectivity index (χ4v) is 1.91. The lowest BCUT2D eigenvalue weighted by molar-refractivity contribution is 0.0124. The van der Waals surface area contributed by atoms with Crippen LogP contribution in [-0.4, -0.2) is 28.9 Å². The number of nitrogens with zero attached hydrogens (tertiary/aromatic N) is 2. The molecule has 1 fully saturated rings. The van der Waals surface area contributed by atoms with Gasteiger partial charge in [0.1, 0.15) is 0 Å². The quantitative estimate of drug-likeness (QED) is 0.829. The lowest BCUT2D eigenvalue weighted by atomic mass is 10.1. The van der Waals surface area contributed by atoms with Gasteiger partial charge in [-0.2, -0.15) is 4.98 Å². The highest BCUT2D eigenvalue weighted by atomic mass is 16.5. The van der Waals surface area contributed by atoms with Crippen molar-refractivity contribution in [2.45, 2.75) is 51.2 Å². The second-order valence-electron chi connectivity index (χ2n) is 4.48. The van der Waals surface area contributed by atoms with Crippen molar-refractivity contribution in [3.8, 4) is 0 Å². The van der Waals surface area contributed by atoms with Crippen LogP contribution < -0.4 is 5.73 Å². The molecule has 0 spiro atoms. The Morgan fingerprint density at radius 1 is 1.50 bits per heavy atom. The molecule has 2 atom stereocenters. The third-order valence-corrected chi connectivity index (χ3v) is 2.69. The average Bonchev–Trinajstić information content (AvgIpc) is 2.66. The van der Waals surface area contributed by atoms with Crippen molar-refractivity contribution >= 4 is 0 Å². The molecule has 1 saturated heterocycles. The Hall–Kier alpha value is -0.940. The first-order valence-electron chi connectivity index (χ1n) is 5.92. The molecule has 0 amide bonds. The summed E-state index contributed by atoms with van der Waals surface area (Å²) in [6, 6.07) is 0.0661. The van der Waals surface area contributed by atoms with Gasteiger partial charge in [0.05, 0.1) is 12.5 Å². The lowest BCUT2D eigenvalue weighted by Gasteiger charge is -2.20. The van der Waals surface area contributed by atoms with Crippen LogP contribution in [0.2, 0.25) is 0 Å². The van der Waals surface area contributed by atoms with Gasteiger partial charge in [0.15, 0.2) is 5.82 Å². The summed E-state index contributed by atoms with van der Waals surface area (Å²) in [6.07, 6.45) is 5.12. The zero-order valence-electron chi connectivity index (χ0n) is 9.69. The van der Waals surface area contributed by atoms with Crippen molar-refractivity contribution in [1.29, 1.82) is 0 Å². The molecule has 2 unspecified atom stereocenters. The van der Waals surface area contributed by atoms with Gasteiger partial charge in [-0.1, -0.05) is 5.16 Å². The molecule has 0 aliphatic carbocycles. The van der Waals surface area contributed by atoms with Crippen molar-refractivity contribution in [2.24, 2.45) is 5.73 Å². The van der Waals surface area contributed by atoms with Crippen LogP contribution in [0.3, 0.4) is 0 Å². The number of hydrogen-bond donors (Lipinski definition) is 1. The molecule has 1 aliphatic heterocycles. The molecule has 0 radical (unpaired) electrons. The first kappa shape index (κ1) is 11.5. The highest BCUT2D eigenvalue weighted by molar-refractivity contribution is 4.90. The first-order valence-corrected chi connectivity index (χ1v) is 5.92. The normalized spacial score (nSPS) is 23.2. The number of hydrogen-bond acceptors (Lipinski definition) is 5. The van der Waals surface area contributed by atoms with Gasteiger partial charge in [-0.05, 0) is 26.2 Å². The molecule has 90 valence electrons. The summed E-state index contributed by atoms with van der Waals surface area (Å²) in [5, 5.41) is 3.90. The van der Waals surface area contributed by atoms with E-state index in [1.807, 2.05) is 6.92 Å². The molecule has 5 nitrogen and oxygen atoms in total. The maximum Gasteiger partial charge on any atom is 0.229 e. The zero-order valence-corrected chi connectivity index (χ0v) is 9.69. The van der Waals surface area contributed by atoms with Crippen molar-refractivity contribution in [2.75, 3.05) is 6.61 Å². The number of nitrogens with two attached hydrogens (primary N) is 1.